The molecule has 0 atom stereocenters. The van der Waals surface area contributed by atoms with Gasteiger partial charge in [-0.15, -0.1) is 0 Å². The van der Waals surface area contributed by atoms with Crippen LogP contribution in [-0.2, 0) is 16.2 Å². The minimum atomic E-state index is -4.81. The minimum absolute atomic E-state index is 0.0550. The maximum absolute atomic E-state index is 13.8. The lowest BCUT2D eigenvalue weighted by molar-refractivity contribution is -0.139. The van der Waals surface area contributed by atoms with Gasteiger partial charge in [-0.3, -0.25) is 4.79 Å². The molecule has 3 rings (SSSR count). The Kier molecular flexibility index (Phi) is 5.44. The third-order valence-electron chi connectivity index (χ3n) is 4.44. The van der Waals surface area contributed by atoms with E-state index in [-0.39, 0.29) is 31.7 Å². The summed E-state index contributed by atoms with van der Waals surface area (Å²) in [5.41, 5.74) is -1.37. The summed E-state index contributed by atoms with van der Waals surface area (Å²) in [4.78, 5) is 12.9. The van der Waals surface area contributed by atoms with Gasteiger partial charge in [0.2, 0.25) is 10.0 Å². The van der Waals surface area contributed by atoms with Gasteiger partial charge in [-0.25, -0.2) is 12.8 Å². The van der Waals surface area contributed by atoms with Crippen molar-refractivity contribution >= 4 is 15.9 Å². The largest absolute Gasteiger partial charge is 0.417 e. The number of sulfonamides is 1. The smallest absolute Gasteiger partial charge is 0.336 e. The van der Waals surface area contributed by atoms with E-state index in [2.05, 4.69) is 0 Å². The summed E-state index contributed by atoms with van der Waals surface area (Å²) in [7, 11) is -4.40. The molecule has 1 aliphatic rings. The number of halogens is 4. The van der Waals surface area contributed by atoms with E-state index in [1.54, 1.807) is 0 Å². The van der Waals surface area contributed by atoms with Gasteiger partial charge in [0.15, 0.2) is 0 Å². The van der Waals surface area contributed by atoms with Crippen molar-refractivity contribution < 1.29 is 30.8 Å². The zero-order valence-electron chi connectivity index (χ0n) is 14.5. The number of rotatable bonds is 3. The molecule has 0 spiro atoms. The van der Waals surface area contributed by atoms with Crippen molar-refractivity contribution in [1.82, 2.24) is 9.21 Å². The first-order valence-electron chi connectivity index (χ1n) is 8.32. The Morgan fingerprint density at radius 2 is 1.46 bits per heavy atom. The van der Waals surface area contributed by atoms with Gasteiger partial charge in [0, 0.05) is 26.2 Å². The molecule has 28 heavy (non-hydrogen) atoms. The lowest BCUT2D eigenvalue weighted by Crippen LogP contribution is -2.50. The molecule has 1 heterocycles. The molecule has 0 aromatic heterocycles. The zero-order valence-corrected chi connectivity index (χ0v) is 15.3. The van der Waals surface area contributed by atoms with Crippen LogP contribution in [0.1, 0.15) is 15.9 Å². The highest BCUT2D eigenvalue weighted by molar-refractivity contribution is 7.89. The molecule has 0 unspecified atom stereocenters. The molecule has 0 saturated carbocycles. The Labute approximate surface area is 159 Å². The molecule has 2 aromatic carbocycles. The van der Waals surface area contributed by atoms with Crippen LogP contribution in [0.15, 0.2) is 53.4 Å². The summed E-state index contributed by atoms with van der Waals surface area (Å²) in [6.45, 7) is -0.482. The normalized spacial score (nSPS) is 16.2. The first kappa shape index (κ1) is 20.3. The maximum Gasteiger partial charge on any atom is 0.417 e. The fraction of sp³-hybridized carbons (Fsp3) is 0.278. The molecular formula is C18H16F4N2O3S. The number of hydrogen-bond donors (Lipinski definition) is 0. The summed E-state index contributed by atoms with van der Waals surface area (Å²) >= 11 is 0. The predicted molar refractivity (Wildman–Crippen MR) is 92.5 cm³/mol. The first-order valence-corrected chi connectivity index (χ1v) is 9.76. The zero-order chi connectivity index (χ0) is 20.5. The molecule has 0 bridgehead atoms. The highest BCUT2D eigenvalue weighted by atomic mass is 32.2. The monoisotopic (exact) mass is 416 g/mol. The second kappa shape index (κ2) is 7.51. The Hall–Kier alpha value is -2.46. The summed E-state index contributed by atoms with van der Waals surface area (Å²) in [6.07, 6.45) is -4.81. The number of benzene rings is 2. The molecule has 1 saturated heterocycles. The van der Waals surface area contributed by atoms with Crippen LogP contribution in [0.5, 0.6) is 0 Å². The molecule has 0 radical (unpaired) electrons. The third-order valence-corrected chi connectivity index (χ3v) is 6.40. The summed E-state index contributed by atoms with van der Waals surface area (Å²) in [5, 5.41) is 0. The van der Waals surface area contributed by atoms with Crippen LogP contribution in [0, 0.1) is 5.82 Å². The molecular weight excluding hydrogens is 400 g/mol. The van der Waals surface area contributed by atoms with E-state index in [0.717, 1.165) is 22.5 Å². The van der Waals surface area contributed by atoms with Gasteiger partial charge in [-0.2, -0.15) is 17.5 Å². The van der Waals surface area contributed by atoms with Crippen LogP contribution in [0.25, 0.3) is 0 Å². The van der Waals surface area contributed by atoms with Gasteiger partial charge in [-0.1, -0.05) is 24.3 Å². The van der Waals surface area contributed by atoms with Crippen molar-refractivity contribution in [3.05, 3.63) is 65.5 Å². The highest BCUT2D eigenvalue weighted by Crippen LogP contribution is 2.35. The second-order valence-electron chi connectivity index (χ2n) is 6.17. The predicted octanol–water partition coefficient (Wildman–Crippen LogP) is 2.99. The van der Waals surface area contributed by atoms with Gasteiger partial charge in [0.25, 0.3) is 5.91 Å². The number of carbonyl (C=O) groups excluding carboxylic acids is 1. The SMILES string of the molecule is O=C(c1ccccc1F)N1CCN(S(=O)(=O)c2ccccc2C(F)(F)F)CC1. The number of nitrogens with zero attached hydrogens (tertiary/aromatic N) is 2. The Bertz CT molecular complexity index is 984. The molecule has 1 aliphatic heterocycles. The molecule has 0 aliphatic carbocycles. The van der Waals surface area contributed by atoms with Crippen molar-refractivity contribution in [2.24, 2.45) is 0 Å². The number of amides is 1. The Morgan fingerprint density at radius 1 is 0.893 bits per heavy atom. The van der Waals surface area contributed by atoms with Gasteiger partial charge < -0.3 is 4.90 Å². The summed E-state index contributed by atoms with van der Waals surface area (Å²) in [6, 6.07) is 9.37. The van der Waals surface area contributed by atoms with Crippen molar-refractivity contribution in [1.29, 1.82) is 0 Å². The van der Waals surface area contributed by atoms with Crippen LogP contribution in [0.4, 0.5) is 17.6 Å². The quantitative estimate of drug-likeness (QED) is 0.723. The van der Waals surface area contributed by atoms with E-state index >= 15 is 0 Å². The van der Waals surface area contributed by atoms with Crippen molar-refractivity contribution in [3.8, 4) is 0 Å². The molecule has 10 heteroatoms. The Balaban J connectivity index is 1.78. The molecule has 0 N–H and O–H groups in total. The molecule has 2 aromatic rings. The van der Waals surface area contributed by atoms with Gasteiger partial charge in [0.05, 0.1) is 16.0 Å². The highest BCUT2D eigenvalue weighted by Gasteiger charge is 2.39. The summed E-state index contributed by atoms with van der Waals surface area (Å²) in [5.74, 6) is -1.28. The fourth-order valence-electron chi connectivity index (χ4n) is 3.00. The second-order valence-corrected chi connectivity index (χ2v) is 8.08. The topological polar surface area (TPSA) is 57.7 Å². The van der Waals surface area contributed by atoms with Crippen LogP contribution >= 0.6 is 0 Å². The number of hydrogen-bond acceptors (Lipinski definition) is 3. The number of carbonyl (C=O) groups is 1. The van der Waals surface area contributed by atoms with Gasteiger partial charge in [0.1, 0.15) is 5.82 Å². The lowest BCUT2D eigenvalue weighted by atomic mass is 10.1. The molecule has 150 valence electrons. The van der Waals surface area contributed by atoms with Crippen LogP contribution < -0.4 is 0 Å². The third kappa shape index (κ3) is 3.88. The molecule has 1 fully saturated rings. The first-order chi connectivity index (χ1) is 13.1. The standard InChI is InChI=1S/C18H16F4N2O3S/c19-15-7-3-1-5-13(15)17(25)23-9-11-24(12-10-23)28(26,27)16-8-4-2-6-14(16)18(20,21)22/h1-8H,9-12H2. The van der Waals surface area contributed by atoms with Crippen molar-refractivity contribution in [3.63, 3.8) is 0 Å². The summed E-state index contributed by atoms with van der Waals surface area (Å²) < 4.78 is 79.6. The maximum atomic E-state index is 13.8. The van der Waals surface area contributed by atoms with E-state index in [1.807, 2.05) is 0 Å². The van der Waals surface area contributed by atoms with E-state index in [1.165, 1.54) is 29.2 Å². The number of piperazine rings is 1. The van der Waals surface area contributed by atoms with Gasteiger partial charge in [-0.05, 0) is 24.3 Å². The van der Waals surface area contributed by atoms with E-state index in [0.29, 0.717) is 6.07 Å². The van der Waals surface area contributed by atoms with Crippen molar-refractivity contribution in [2.75, 3.05) is 26.2 Å². The lowest BCUT2D eigenvalue weighted by Gasteiger charge is -2.34. The average Bonchev–Trinajstić information content (AvgIpc) is 2.67. The number of alkyl halides is 3. The van der Waals surface area contributed by atoms with E-state index < -0.39 is 38.4 Å². The van der Waals surface area contributed by atoms with Crippen LogP contribution in [-0.4, -0.2) is 49.7 Å². The fourth-order valence-corrected chi connectivity index (χ4v) is 4.64. The molecule has 1 amide bonds. The Morgan fingerprint density at radius 3 is 2.07 bits per heavy atom. The van der Waals surface area contributed by atoms with E-state index in [9.17, 15) is 30.8 Å². The van der Waals surface area contributed by atoms with Crippen LogP contribution in [0.3, 0.4) is 0 Å². The minimum Gasteiger partial charge on any atom is -0.336 e. The van der Waals surface area contributed by atoms with Gasteiger partial charge >= 0.3 is 6.18 Å². The molecule has 5 nitrogen and oxygen atoms in total. The van der Waals surface area contributed by atoms with Crippen molar-refractivity contribution in [2.45, 2.75) is 11.1 Å². The average molecular weight is 416 g/mol. The van der Waals surface area contributed by atoms with Crippen LogP contribution in [0.2, 0.25) is 0 Å². The van der Waals surface area contributed by atoms with E-state index in [4.69, 9.17) is 0 Å².